The fraction of sp³-hybridized carbons (Fsp3) is 0.174. The number of hydrogen-bond acceptors (Lipinski definition) is 5. The first-order chi connectivity index (χ1) is 14.5. The zero-order valence-electron chi connectivity index (χ0n) is 16.9. The Balaban J connectivity index is 1.56. The second-order valence-corrected chi connectivity index (χ2v) is 6.71. The maximum absolute atomic E-state index is 12.5. The average Bonchev–Trinajstić information content (AvgIpc) is 2.77. The summed E-state index contributed by atoms with van der Waals surface area (Å²) in [4.78, 5) is 29.7. The third-order valence-electron chi connectivity index (χ3n) is 4.20. The van der Waals surface area contributed by atoms with Gasteiger partial charge in [-0.15, -0.1) is 0 Å². The molecule has 0 bridgehead atoms. The van der Waals surface area contributed by atoms with Gasteiger partial charge in [0.25, 0.3) is 11.8 Å². The van der Waals surface area contributed by atoms with Crippen molar-refractivity contribution >= 4 is 17.5 Å². The SMILES string of the molecule is CN(C)C(=O)COc1ccc(NC(=O)c2ccnc(OCc3ccccc3)c2)cc1. The number of carbonyl (C=O) groups excluding carboxylic acids is 2. The van der Waals surface area contributed by atoms with Crippen LogP contribution in [0.5, 0.6) is 11.6 Å². The van der Waals surface area contributed by atoms with Crippen LogP contribution in [0.1, 0.15) is 15.9 Å². The molecule has 30 heavy (non-hydrogen) atoms. The molecule has 2 aromatic carbocycles. The molecule has 0 saturated carbocycles. The summed E-state index contributed by atoms with van der Waals surface area (Å²) in [6.07, 6.45) is 1.54. The molecule has 7 heteroatoms. The van der Waals surface area contributed by atoms with E-state index in [1.165, 1.54) is 11.1 Å². The van der Waals surface area contributed by atoms with Gasteiger partial charge in [-0.05, 0) is 35.9 Å². The van der Waals surface area contributed by atoms with Crippen molar-refractivity contribution < 1.29 is 19.1 Å². The Kier molecular flexibility index (Phi) is 7.00. The van der Waals surface area contributed by atoms with E-state index in [0.717, 1.165) is 5.56 Å². The molecule has 1 heterocycles. The summed E-state index contributed by atoms with van der Waals surface area (Å²) >= 11 is 0. The molecule has 0 aliphatic heterocycles. The lowest BCUT2D eigenvalue weighted by Gasteiger charge is -2.12. The molecule has 0 atom stereocenters. The second-order valence-electron chi connectivity index (χ2n) is 6.71. The van der Waals surface area contributed by atoms with E-state index in [-0.39, 0.29) is 18.4 Å². The summed E-state index contributed by atoms with van der Waals surface area (Å²) < 4.78 is 11.1. The Labute approximate surface area is 175 Å². The first-order valence-electron chi connectivity index (χ1n) is 9.38. The van der Waals surface area contributed by atoms with Crippen LogP contribution in [-0.2, 0) is 11.4 Å². The minimum absolute atomic E-state index is 0.0402. The highest BCUT2D eigenvalue weighted by Crippen LogP contribution is 2.18. The van der Waals surface area contributed by atoms with Crippen molar-refractivity contribution in [2.45, 2.75) is 6.61 Å². The molecular weight excluding hydrogens is 382 g/mol. The fourth-order valence-electron chi connectivity index (χ4n) is 2.47. The van der Waals surface area contributed by atoms with Crippen molar-refractivity contribution in [3.05, 3.63) is 84.1 Å². The zero-order valence-corrected chi connectivity index (χ0v) is 16.9. The largest absolute Gasteiger partial charge is 0.484 e. The Bertz CT molecular complexity index is 989. The van der Waals surface area contributed by atoms with Crippen LogP contribution in [0.3, 0.4) is 0 Å². The van der Waals surface area contributed by atoms with Crippen molar-refractivity contribution in [2.75, 3.05) is 26.0 Å². The zero-order chi connectivity index (χ0) is 21.3. The number of nitrogens with one attached hydrogen (secondary N) is 1. The molecule has 7 nitrogen and oxygen atoms in total. The van der Waals surface area contributed by atoms with E-state index in [4.69, 9.17) is 9.47 Å². The van der Waals surface area contributed by atoms with E-state index in [1.807, 2.05) is 30.3 Å². The monoisotopic (exact) mass is 405 g/mol. The maximum Gasteiger partial charge on any atom is 0.259 e. The molecule has 1 N–H and O–H groups in total. The van der Waals surface area contributed by atoms with Crippen LogP contribution in [0.15, 0.2) is 72.9 Å². The van der Waals surface area contributed by atoms with Crippen molar-refractivity contribution in [2.24, 2.45) is 0 Å². The fourth-order valence-corrected chi connectivity index (χ4v) is 2.47. The van der Waals surface area contributed by atoms with E-state index in [9.17, 15) is 9.59 Å². The summed E-state index contributed by atoms with van der Waals surface area (Å²) in [5, 5.41) is 2.82. The van der Waals surface area contributed by atoms with Crippen molar-refractivity contribution in [3.63, 3.8) is 0 Å². The molecule has 0 spiro atoms. The number of hydrogen-bond donors (Lipinski definition) is 1. The van der Waals surface area contributed by atoms with Crippen LogP contribution < -0.4 is 14.8 Å². The van der Waals surface area contributed by atoms with Crippen molar-refractivity contribution in [1.29, 1.82) is 0 Å². The van der Waals surface area contributed by atoms with Gasteiger partial charge in [0.2, 0.25) is 5.88 Å². The smallest absolute Gasteiger partial charge is 0.259 e. The summed E-state index contributed by atoms with van der Waals surface area (Å²) in [6, 6.07) is 19.8. The van der Waals surface area contributed by atoms with Gasteiger partial charge in [0.05, 0.1) is 0 Å². The van der Waals surface area contributed by atoms with Crippen LogP contribution in [-0.4, -0.2) is 42.4 Å². The van der Waals surface area contributed by atoms with Crippen LogP contribution in [0.2, 0.25) is 0 Å². The molecule has 0 radical (unpaired) electrons. The number of likely N-dealkylation sites (N-methyl/N-ethyl adjacent to an activating group) is 1. The number of ether oxygens (including phenoxy) is 2. The van der Waals surface area contributed by atoms with Crippen molar-refractivity contribution in [3.8, 4) is 11.6 Å². The summed E-state index contributed by atoms with van der Waals surface area (Å²) in [7, 11) is 3.34. The van der Waals surface area contributed by atoms with E-state index in [1.54, 1.807) is 50.5 Å². The minimum Gasteiger partial charge on any atom is -0.484 e. The topological polar surface area (TPSA) is 80.8 Å². The van der Waals surface area contributed by atoms with Gasteiger partial charge in [0.15, 0.2) is 6.61 Å². The Morgan fingerprint density at radius 1 is 0.967 bits per heavy atom. The van der Waals surface area contributed by atoms with Gasteiger partial charge >= 0.3 is 0 Å². The molecule has 1 aromatic heterocycles. The van der Waals surface area contributed by atoms with E-state index < -0.39 is 0 Å². The molecule has 0 fully saturated rings. The Morgan fingerprint density at radius 3 is 2.40 bits per heavy atom. The van der Waals surface area contributed by atoms with Gasteiger partial charge in [0.1, 0.15) is 12.4 Å². The van der Waals surface area contributed by atoms with E-state index >= 15 is 0 Å². The molecule has 0 saturated heterocycles. The molecule has 2 amide bonds. The Morgan fingerprint density at radius 2 is 1.70 bits per heavy atom. The number of amides is 2. The Hall–Kier alpha value is -3.87. The van der Waals surface area contributed by atoms with Gasteiger partial charge < -0.3 is 19.7 Å². The third kappa shape index (κ3) is 6.07. The number of nitrogens with zero attached hydrogens (tertiary/aromatic N) is 2. The van der Waals surface area contributed by atoms with Gasteiger partial charge in [-0.2, -0.15) is 0 Å². The van der Waals surface area contributed by atoms with Gasteiger partial charge in [-0.25, -0.2) is 4.98 Å². The molecule has 3 aromatic rings. The standard InChI is InChI=1S/C23H23N3O4/c1-26(2)22(27)16-29-20-10-8-19(9-11-20)25-23(28)18-12-13-24-21(14-18)30-15-17-6-4-3-5-7-17/h3-14H,15-16H2,1-2H3,(H,25,28). The predicted octanol–water partition coefficient (Wildman–Crippen LogP) is 3.38. The van der Waals surface area contributed by atoms with Gasteiger partial charge in [0, 0.05) is 37.6 Å². The highest BCUT2D eigenvalue weighted by molar-refractivity contribution is 6.04. The van der Waals surface area contributed by atoms with Crippen LogP contribution >= 0.6 is 0 Å². The third-order valence-corrected chi connectivity index (χ3v) is 4.20. The quantitative estimate of drug-likeness (QED) is 0.621. The molecule has 154 valence electrons. The number of carbonyl (C=O) groups is 2. The molecule has 3 rings (SSSR count). The number of pyridine rings is 1. The first kappa shape index (κ1) is 20.9. The summed E-state index contributed by atoms with van der Waals surface area (Å²) in [5.41, 5.74) is 2.06. The highest BCUT2D eigenvalue weighted by Gasteiger charge is 2.09. The molecule has 0 aliphatic rings. The lowest BCUT2D eigenvalue weighted by atomic mass is 10.2. The summed E-state index contributed by atoms with van der Waals surface area (Å²) in [6.45, 7) is 0.332. The average molecular weight is 405 g/mol. The minimum atomic E-state index is -0.279. The molecule has 0 unspecified atom stereocenters. The number of anilines is 1. The summed E-state index contributed by atoms with van der Waals surface area (Å²) in [5.74, 6) is 0.512. The van der Waals surface area contributed by atoms with Crippen LogP contribution in [0.4, 0.5) is 5.69 Å². The normalized spacial score (nSPS) is 10.2. The van der Waals surface area contributed by atoms with Crippen LogP contribution in [0.25, 0.3) is 0 Å². The lowest BCUT2D eigenvalue weighted by Crippen LogP contribution is -2.27. The molecule has 0 aliphatic carbocycles. The lowest BCUT2D eigenvalue weighted by molar-refractivity contribution is -0.130. The number of aromatic nitrogens is 1. The maximum atomic E-state index is 12.5. The first-order valence-corrected chi connectivity index (χ1v) is 9.38. The number of benzene rings is 2. The van der Waals surface area contributed by atoms with Gasteiger partial charge in [-0.3, -0.25) is 9.59 Å². The van der Waals surface area contributed by atoms with Crippen molar-refractivity contribution in [1.82, 2.24) is 9.88 Å². The van der Waals surface area contributed by atoms with E-state index in [0.29, 0.717) is 29.5 Å². The van der Waals surface area contributed by atoms with E-state index in [2.05, 4.69) is 10.3 Å². The highest BCUT2D eigenvalue weighted by atomic mass is 16.5. The second kappa shape index (κ2) is 10.1. The predicted molar refractivity (Wildman–Crippen MR) is 114 cm³/mol. The van der Waals surface area contributed by atoms with Gasteiger partial charge in [-0.1, -0.05) is 30.3 Å². The number of rotatable bonds is 8. The van der Waals surface area contributed by atoms with Crippen LogP contribution in [0, 0.1) is 0 Å². The molecular formula is C23H23N3O4.